The van der Waals surface area contributed by atoms with Crippen molar-refractivity contribution < 1.29 is 9.90 Å². The van der Waals surface area contributed by atoms with Crippen LogP contribution in [0.1, 0.15) is 40.0 Å². The van der Waals surface area contributed by atoms with Crippen LogP contribution in [0.4, 0.5) is 0 Å². The van der Waals surface area contributed by atoms with Crippen LogP contribution in [0.15, 0.2) is 11.8 Å². The van der Waals surface area contributed by atoms with Crippen LogP contribution in [-0.4, -0.2) is 35.4 Å². The molecule has 0 aromatic carbocycles. The van der Waals surface area contributed by atoms with Crippen molar-refractivity contribution in [3.05, 3.63) is 11.8 Å². The third-order valence-electron chi connectivity index (χ3n) is 3.89. The molecule has 1 N–H and O–H groups in total. The second-order valence-corrected chi connectivity index (χ2v) is 4.80. The second kappa shape index (κ2) is 6.80. The molecule has 17 heavy (non-hydrogen) atoms. The van der Waals surface area contributed by atoms with Gasteiger partial charge >= 0.3 is 0 Å². The largest absolute Gasteiger partial charge is 0.512 e. The van der Waals surface area contributed by atoms with Crippen LogP contribution in [0.5, 0.6) is 0 Å². The molecule has 2 bridgehead atoms. The summed E-state index contributed by atoms with van der Waals surface area (Å²) in [6.45, 7) is 10.1. The number of aliphatic hydroxyl groups excluding tert-OH is 1. The Balaban J connectivity index is 0.000000185. The number of allylic oxidation sites excluding steroid dienone is 2. The first-order valence-electron chi connectivity index (χ1n) is 6.79. The lowest BCUT2D eigenvalue weighted by Crippen LogP contribution is -2.21. The molecule has 0 aliphatic heterocycles. The zero-order valence-corrected chi connectivity index (χ0v) is 11.3. The summed E-state index contributed by atoms with van der Waals surface area (Å²) in [5.41, 5.74) is 0. The number of carbonyl (C=O) groups is 1. The Morgan fingerprint density at radius 3 is 2.18 bits per heavy atom. The maximum Gasteiger partial charge on any atom is 0.162 e. The zero-order chi connectivity index (χ0) is 12.8. The first-order valence-corrected chi connectivity index (χ1v) is 6.79. The van der Waals surface area contributed by atoms with E-state index in [-0.39, 0.29) is 11.7 Å². The van der Waals surface area contributed by atoms with Gasteiger partial charge in [0.2, 0.25) is 0 Å². The van der Waals surface area contributed by atoms with Crippen LogP contribution in [0.25, 0.3) is 0 Å². The molecule has 2 aliphatic carbocycles. The summed E-state index contributed by atoms with van der Waals surface area (Å²) in [5.74, 6) is 0.994. The fourth-order valence-electron chi connectivity index (χ4n) is 2.56. The summed E-state index contributed by atoms with van der Waals surface area (Å²) in [5, 5.41) is 9.21. The summed E-state index contributed by atoms with van der Waals surface area (Å²) in [4.78, 5) is 13.4. The predicted molar refractivity (Wildman–Crippen MR) is 70.0 cm³/mol. The third-order valence-corrected chi connectivity index (χ3v) is 3.89. The van der Waals surface area contributed by atoms with Crippen LogP contribution in [0.3, 0.4) is 0 Å². The number of fused-ring (bicyclic) bond motifs is 2. The van der Waals surface area contributed by atoms with Crippen LogP contribution < -0.4 is 0 Å². The van der Waals surface area contributed by atoms with E-state index in [1.807, 2.05) is 0 Å². The predicted octanol–water partition coefficient (Wildman–Crippen LogP) is 2.78. The molecule has 1 fully saturated rings. The monoisotopic (exact) mass is 239 g/mol. The van der Waals surface area contributed by atoms with Crippen molar-refractivity contribution in [2.45, 2.75) is 40.0 Å². The van der Waals surface area contributed by atoms with Crippen LogP contribution in [0.2, 0.25) is 0 Å². The zero-order valence-electron chi connectivity index (χ0n) is 11.3. The average molecular weight is 239 g/mol. The van der Waals surface area contributed by atoms with Gasteiger partial charge in [-0.15, -0.1) is 0 Å². The maximum atomic E-state index is 11.0. The van der Waals surface area contributed by atoms with Crippen molar-refractivity contribution in [2.75, 3.05) is 19.6 Å². The molecule has 98 valence electrons. The molecule has 0 aromatic heterocycles. The fourth-order valence-corrected chi connectivity index (χ4v) is 2.56. The molecule has 0 radical (unpaired) electrons. The van der Waals surface area contributed by atoms with E-state index < -0.39 is 0 Å². The van der Waals surface area contributed by atoms with Gasteiger partial charge in [0.1, 0.15) is 0 Å². The van der Waals surface area contributed by atoms with Gasteiger partial charge < -0.3 is 10.0 Å². The number of ketones is 1. The number of carbonyl (C=O) groups excluding carboxylic acids is 1. The molecule has 2 atom stereocenters. The lowest BCUT2D eigenvalue weighted by molar-refractivity contribution is -0.118. The molecular weight excluding hydrogens is 214 g/mol. The third kappa shape index (κ3) is 3.84. The quantitative estimate of drug-likeness (QED) is 0.823. The van der Waals surface area contributed by atoms with Crippen molar-refractivity contribution in [1.82, 2.24) is 4.90 Å². The summed E-state index contributed by atoms with van der Waals surface area (Å²) in [6, 6.07) is 0. The molecule has 0 heterocycles. The molecule has 3 heteroatoms. The molecule has 2 unspecified atom stereocenters. The normalized spacial score (nSPS) is 26.6. The van der Waals surface area contributed by atoms with E-state index in [0.717, 1.165) is 19.3 Å². The highest BCUT2D eigenvalue weighted by Gasteiger charge is 2.35. The molecule has 3 nitrogen and oxygen atoms in total. The SMILES string of the molecule is CCN(CC)CC.O=C1C=C(O)C2CCC1C2. The summed E-state index contributed by atoms with van der Waals surface area (Å²) in [6.07, 6.45) is 4.27. The van der Waals surface area contributed by atoms with Crippen LogP contribution >= 0.6 is 0 Å². The molecule has 1 saturated carbocycles. The minimum Gasteiger partial charge on any atom is -0.512 e. The average Bonchev–Trinajstić information content (AvgIpc) is 2.76. The van der Waals surface area contributed by atoms with Gasteiger partial charge in [0, 0.05) is 17.9 Å². The van der Waals surface area contributed by atoms with Crippen LogP contribution in [-0.2, 0) is 4.79 Å². The van der Waals surface area contributed by atoms with E-state index in [0.29, 0.717) is 11.7 Å². The van der Waals surface area contributed by atoms with Gasteiger partial charge in [-0.25, -0.2) is 0 Å². The van der Waals surface area contributed by atoms with E-state index in [9.17, 15) is 9.90 Å². The van der Waals surface area contributed by atoms with E-state index in [1.165, 1.54) is 25.7 Å². The number of hydrogen-bond donors (Lipinski definition) is 1. The minimum atomic E-state index is 0.131. The lowest BCUT2D eigenvalue weighted by Gasteiger charge is -2.13. The maximum absolute atomic E-state index is 11.0. The summed E-state index contributed by atoms with van der Waals surface area (Å²) in [7, 11) is 0. The smallest absolute Gasteiger partial charge is 0.162 e. The highest BCUT2D eigenvalue weighted by Crippen LogP contribution is 2.39. The van der Waals surface area contributed by atoms with Gasteiger partial charge in [0.05, 0.1) is 5.76 Å². The first-order chi connectivity index (χ1) is 8.12. The summed E-state index contributed by atoms with van der Waals surface area (Å²) >= 11 is 0. The lowest BCUT2D eigenvalue weighted by atomic mass is 9.93. The molecular formula is C14H25NO2. The minimum absolute atomic E-state index is 0.131. The standard InChI is InChI=1S/C8H10O2.C6H15N/c9-7-4-8(10)6-2-1-5(7)3-6;1-4-7(5-2)6-3/h4-6,9H,1-3H2;4-6H2,1-3H3. The van der Waals surface area contributed by atoms with Gasteiger partial charge in [0.15, 0.2) is 5.78 Å². The Hall–Kier alpha value is -0.830. The Kier molecular flexibility index (Phi) is 5.69. The van der Waals surface area contributed by atoms with Crippen molar-refractivity contribution in [3.63, 3.8) is 0 Å². The highest BCUT2D eigenvalue weighted by atomic mass is 16.3. The number of aliphatic hydroxyl groups is 1. The molecule has 2 aliphatic rings. The van der Waals surface area contributed by atoms with Crippen molar-refractivity contribution >= 4 is 5.78 Å². The molecule has 0 saturated heterocycles. The van der Waals surface area contributed by atoms with E-state index in [4.69, 9.17) is 0 Å². The Morgan fingerprint density at radius 2 is 1.71 bits per heavy atom. The molecule has 0 amide bonds. The number of hydrogen-bond acceptors (Lipinski definition) is 3. The van der Waals surface area contributed by atoms with Gasteiger partial charge in [-0.05, 0) is 38.9 Å². The highest BCUT2D eigenvalue weighted by molar-refractivity contribution is 5.93. The number of rotatable bonds is 3. The Labute approximate surface area is 105 Å². The van der Waals surface area contributed by atoms with Crippen molar-refractivity contribution in [1.29, 1.82) is 0 Å². The van der Waals surface area contributed by atoms with Gasteiger partial charge in [-0.1, -0.05) is 20.8 Å². The molecule has 0 aromatic rings. The fraction of sp³-hybridized carbons (Fsp3) is 0.786. The molecule has 2 rings (SSSR count). The number of nitrogens with zero attached hydrogens (tertiary/aromatic N) is 1. The topological polar surface area (TPSA) is 40.5 Å². The summed E-state index contributed by atoms with van der Waals surface area (Å²) < 4.78 is 0. The van der Waals surface area contributed by atoms with Crippen molar-refractivity contribution in [2.24, 2.45) is 11.8 Å². The van der Waals surface area contributed by atoms with Crippen molar-refractivity contribution in [3.8, 4) is 0 Å². The van der Waals surface area contributed by atoms with E-state index in [2.05, 4.69) is 25.7 Å². The molecule has 0 spiro atoms. The van der Waals surface area contributed by atoms with Gasteiger partial charge in [-0.3, -0.25) is 4.79 Å². The second-order valence-electron chi connectivity index (χ2n) is 4.80. The van der Waals surface area contributed by atoms with Crippen LogP contribution in [0, 0.1) is 11.8 Å². The Morgan fingerprint density at radius 1 is 1.18 bits per heavy atom. The van der Waals surface area contributed by atoms with Gasteiger partial charge in [0.25, 0.3) is 0 Å². The first kappa shape index (κ1) is 14.2. The van der Waals surface area contributed by atoms with E-state index in [1.54, 1.807) is 0 Å². The van der Waals surface area contributed by atoms with E-state index >= 15 is 0 Å². The van der Waals surface area contributed by atoms with Gasteiger partial charge in [-0.2, -0.15) is 0 Å². The Bertz CT molecular complexity index is 276.